The summed E-state index contributed by atoms with van der Waals surface area (Å²) in [5, 5.41) is 0. The lowest BCUT2D eigenvalue weighted by Gasteiger charge is -2.13. The Labute approximate surface area is 86.3 Å². The Bertz CT molecular complexity index is 432. The smallest absolute Gasteiger partial charge is 0.236 e. The number of hydrogen-bond acceptors (Lipinski definition) is 2. The van der Waals surface area contributed by atoms with Gasteiger partial charge in [-0.2, -0.15) is 13.2 Å². The van der Waals surface area contributed by atoms with Gasteiger partial charge < -0.3 is 0 Å². The van der Waals surface area contributed by atoms with Crippen LogP contribution in [-0.2, 0) is 9.73 Å². The Morgan fingerprint density at radius 2 is 1.80 bits per heavy atom. The van der Waals surface area contributed by atoms with E-state index in [4.69, 9.17) is 0 Å². The van der Waals surface area contributed by atoms with E-state index in [0.29, 0.717) is 0 Å². The number of alkyl halides is 3. The first-order valence-electron chi connectivity index (χ1n) is 4.26. The van der Waals surface area contributed by atoms with Crippen molar-refractivity contribution in [2.75, 3.05) is 6.54 Å². The van der Waals surface area contributed by atoms with Crippen molar-refractivity contribution < 1.29 is 17.4 Å². The molecule has 0 bridgehead atoms. The van der Waals surface area contributed by atoms with Crippen LogP contribution in [0.2, 0.25) is 0 Å². The van der Waals surface area contributed by atoms with Gasteiger partial charge in [0.05, 0.1) is 4.90 Å². The van der Waals surface area contributed by atoms with Gasteiger partial charge in [-0.25, -0.2) is 8.57 Å². The highest BCUT2D eigenvalue weighted by atomic mass is 32.2. The van der Waals surface area contributed by atoms with Gasteiger partial charge in [0.25, 0.3) is 0 Å². The first-order chi connectivity index (χ1) is 6.92. The Balaban J connectivity index is 3.41. The minimum Gasteiger partial charge on any atom is -0.236 e. The lowest BCUT2D eigenvalue weighted by atomic mass is 10.4. The first kappa shape index (κ1) is 12.0. The van der Waals surface area contributed by atoms with Crippen LogP contribution in [0, 0.1) is 0 Å². The van der Waals surface area contributed by atoms with Crippen molar-refractivity contribution >= 4 is 9.73 Å². The summed E-state index contributed by atoms with van der Waals surface area (Å²) < 4.78 is 52.7. The number of hydrogen-bond donors (Lipinski definition) is 0. The van der Waals surface area contributed by atoms with Gasteiger partial charge in [0.15, 0.2) is 9.73 Å². The maximum atomic E-state index is 12.6. The monoisotopic (exact) mass is 237 g/mol. The van der Waals surface area contributed by atoms with Crippen LogP contribution in [0.25, 0.3) is 0 Å². The minimum absolute atomic E-state index is 0.132. The van der Waals surface area contributed by atoms with E-state index in [9.17, 15) is 17.4 Å². The lowest BCUT2D eigenvalue weighted by molar-refractivity contribution is -0.0403. The quantitative estimate of drug-likeness (QED) is 0.777. The fourth-order valence-electron chi connectivity index (χ4n) is 1.07. The summed E-state index contributed by atoms with van der Waals surface area (Å²) in [4.78, 5) is -0.292. The highest BCUT2D eigenvalue weighted by Gasteiger charge is 2.44. The molecule has 2 nitrogen and oxygen atoms in total. The maximum Gasteiger partial charge on any atom is 0.483 e. The maximum absolute atomic E-state index is 12.6. The predicted octanol–water partition coefficient (Wildman–Crippen LogP) is 3.05. The van der Waals surface area contributed by atoms with Crippen LogP contribution in [0.15, 0.2) is 39.6 Å². The lowest BCUT2D eigenvalue weighted by Crippen LogP contribution is -2.23. The van der Waals surface area contributed by atoms with E-state index >= 15 is 0 Å². The van der Waals surface area contributed by atoms with Gasteiger partial charge in [-0.1, -0.05) is 18.2 Å². The molecule has 84 valence electrons. The second-order valence-electron chi connectivity index (χ2n) is 2.73. The van der Waals surface area contributed by atoms with Gasteiger partial charge in [-0.3, -0.25) is 0 Å². The van der Waals surface area contributed by atoms with Crippen molar-refractivity contribution in [1.29, 1.82) is 0 Å². The summed E-state index contributed by atoms with van der Waals surface area (Å²) in [6.07, 6.45) is 0. The normalized spacial score (nSPS) is 15.7. The molecule has 0 spiro atoms. The average Bonchev–Trinajstić information content (AvgIpc) is 2.18. The van der Waals surface area contributed by atoms with E-state index in [2.05, 4.69) is 4.36 Å². The van der Waals surface area contributed by atoms with Gasteiger partial charge in [0.2, 0.25) is 0 Å². The van der Waals surface area contributed by atoms with E-state index in [0.717, 1.165) is 0 Å². The molecule has 0 aliphatic rings. The van der Waals surface area contributed by atoms with Crippen LogP contribution in [0.3, 0.4) is 0 Å². The standard InChI is InChI=1S/C9H10F3NOS/c1-2-13-15(14,9(10,11)12)8-6-4-3-5-7-8/h3-7H,2H2,1H3. The molecule has 0 saturated carbocycles. The highest BCUT2D eigenvalue weighted by Crippen LogP contribution is 2.32. The van der Waals surface area contributed by atoms with Crippen molar-refractivity contribution in [3.63, 3.8) is 0 Å². The molecule has 1 aromatic carbocycles. The van der Waals surface area contributed by atoms with Crippen molar-refractivity contribution in [2.24, 2.45) is 4.36 Å². The molecule has 0 aliphatic carbocycles. The van der Waals surface area contributed by atoms with Gasteiger partial charge in [-0.05, 0) is 19.1 Å². The van der Waals surface area contributed by atoms with Crippen LogP contribution in [-0.4, -0.2) is 16.3 Å². The fourth-order valence-corrected chi connectivity index (χ4v) is 2.52. The SMILES string of the molecule is CCN=S(=O)(c1ccccc1)C(F)(F)F. The van der Waals surface area contributed by atoms with Crippen LogP contribution in [0.1, 0.15) is 6.92 Å². The van der Waals surface area contributed by atoms with Crippen molar-refractivity contribution in [2.45, 2.75) is 17.3 Å². The average molecular weight is 237 g/mol. The van der Waals surface area contributed by atoms with Crippen LogP contribution >= 0.6 is 0 Å². The molecule has 0 fully saturated rings. The second-order valence-corrected chi connectivity index (χ2v) is 4.97. The zero-order chi connectivity index (χ0) is 11.5. The van der Waals surface area contributed by atoms with Gasteiger partial charge in [0.1, 0.15) is 0 Å². The highest BCUT2D eigenvalue weighted by molar-refractivity contribution is 7.94. The molecule has 1 aromatic rings. The van der Waals surface area contributed by atoms with Crippen LogP contribution in [0.5, 0.6) is 0 Å². The van der Waals surface area contributed by atoms with Gasteiger partial charge in [-0.15, -0.1) is 0 Å². The Morgan fingerprint density at radius 3 is 2.20 bits per heavy atom. The molecule has 0 radical (unpaired) electrons. The number of benzene rings is 1. The summed E-state index contributed by atoms with van der Waals surface area (Å²) >= 11 is 0. The van der Waals surface area contributed by atoms with Gasteiger partial charge >= 0.3 is 5.51 Å². The Morgan fingerprint density at radius 1 is 1.27 bits per heavy atom. The van der Waals surface area contributed by atoms with Crippen molar-refractivity contribution in [3.05, 3.63) is 30.3 Å². The third-order valence-electron chi connectivity index (χ3n) is 1.69. The predicted molar refractivity (Wildman–Crippen MR) is 51.9 cm³/mol. The molecule has 1 rings (SSSR count). The summed E-state index contributed by atoms with van der Waals surface area (Å²) in [5.41, 5.74) is -4.83. The summed E-state index contributed by atoms with van der Waals surface area (Å²) in [6.45, 7) is 1.29. The zero-order valence-electron chi connectivity index (χ0n) is 7.99. The topological polar surface area (TPSA) is 29.4 Å². The van der Waals surface area contributed by atoms with Crippen molar-refractivity contribution in [1.82, 2.24) is 0 Å². The molecule has 0 amide bonds. The largest absolute Gasteiger partial charge is 0.483 e. The molecule has 0 N–H and O–H groups in total. The third kappa shape index (κ3) is 2.31. The molecule has 15 heavy (non-hydrogen) atoms. The molecule has 0 aromatic heterocycles. The minimum atomic E-state index is -4.83. The molecule has 0 heterocycles. The zero-order valence-corrected chi connectivity index (χ0v) is 8.81. The second kappa shape index (κ2) is 4.22. The van der Waals surface area contributed by atoms with E-state index in [1.54, 1.807) is 6.07 Å². The Kier molecular flexibility index (Phi) is 3.38. The molecule has 6 heteroatoms. The summed E-state index contributed by atoms with van der Waals surface area (Å²) in [7, 11) is -4.31. The molecular formula is C9H10F3NOS. The molecule has 1 atom stereocenters. The van der Waals surface area contributed by atoms with E-state index in [1.807, 2.05) is 0 Å². The summed E-state index contributed by atoms with van der Waals surface area (Å²) in [6, 6.07) is 6.73. The number of nitrogens with zero attached hydrogens (tertiary/aromatic N) is 1. The van der Waals surface area contributed by atoms with E-state index in [1.165, 1.54) is 31.2 Å². The number of rotatable bonds is 2. The van der Waals surface area contributed by atoms with Gasteiger partial charge in [0, 0.05) is 6.54 Å². The van der Waals surface area contributed by atoms with E-state index in [-0.39, 0.29) is 11.4 Å². The number of halogens is 3. The molecule has 0 aliphatic heterocycles. The third-order valence-corrected chi connectivity index (χ3v) is 3.85. The van der Waals surface area contributed by atoms with Crippen molar-refractivity contribution in [3.8, 4) is 0 Å². The summed E-state index contributed by atoms with van der Waals surface area (Å²) in [5.74, 6) is 0. The van der Waals surface area contributed by atoms with E-state index < -0.39 is 15.2 Å². The molecule has 1 unspecified atom stereocenters. The fraction of sp³-hybridized carbons (Fsp3) is 0.333. The van der Waals surface area contributed by atoms with Crippen LogP contribution < -0.4 is 0 Å². The first-order valence-corrected chi connectivity index (χ1v) is 5.77. The molecular weight excluding hydrogens is 227 g/mol. The van der Waals surface area contributed by atoms with Crippen LogP contribution in [0.4, 0.5) is 13.2 Å². The Hall–Kier alpha value is -1.04. The molecule has 0 saturated heterocycles.